The largest absolute Gasteiger partial charge is 0.497 e. The van der Waals surface area contributed by atoms with E-state index in [9.17, 15) is 19.5 Å². The van der Waals surface area contributed by atoms with Crippen LogP contribution in [0.3, 0.4) is 0 Å². The standard InChI is InChI=1S/C30H40N2O6S/c1-5-7-10-18-38-29(36)24-23-19-20(3)30(39-23)25(24)27(34)32(16-8-9-17-33)26(30)28(35)31(15-6-2)21-11-13-22(37-4)14-12-21/h5-6,11-14,20,23-26,33H,1-2,7-10,15-19H2,3-4H3/t20?,23-,24+,25+,26?,30?/m1/s1. The van der Waals surface area contributed by atoms with Crippen molar-refractivity contribution in [3.63, 3.8) is 0 Å². The molecule has 9 heteroatoms. The van der Waals surface area contributed by atoms with Crippen molar-refractivity contribution in [1.82, 2.24) is 4.90 Å². The highest BCUT2D eigenvalue weighted by atomic mass is 32.2. The Balaban J connectivity index is 1.71. The Labute approximate surface area is 235 Å². The van der Waals surface area contributed by atoms with Crippen LogP contribution in [-0.2, 0) is 19.1 Å². The molecule has 3 fully saturated rings. The Morgan fingerprint density at radius 2 is 1.95 bits per heavy atom. The van der Waals surface area contributed by atoms with Crippen LogP contribution in [0.4, 0.5) is 5.69 Å². The first-order chi connectivity index (χ1) is 18.8. The Hall–Kier alpha value is -2.78. The molecule has 1 N–H and O–H groups in total. The van der Waals surface area contributed by atoms with Crippen molar-refractivity contribution in [2.45, 2.75) is 55.1 Å². The first kappa shape index (κ1) is 29.2. The van der Waals surface area contributed by atoms with Gasteiger partial charge in [-0.3, -0.25) is 14.4 Å². The third-order valence-electron chi connectivity index (χ3n) is 8.32. The lowest BCUT2D eigenvalue weighted by Crippen LogP contribution is -2.57. The zero-order chi connectivity index (χ0) is 28.2. The fraction of sp³-hybridized carbons (Fsp3) is 0.567. The SMILES string of the molecule is C=CCCCOC(=O)[C@@H]1[C@H]2C(=O)N(CCCCO)C(C(=O)N(CC=C)c3ccc(OC)cc3)C23S[C@@H]1CC3C. The van der Waals surface area contributed by atoms with Gasteiger partial charge in [-0.1, -0.05) is 19.1 Å². The number of aliphatic hydroxyl groups excluding tert-OH is 1. The molecule has 3 aliphatic rings. The van der Waals surface area contributed by atoms with Crippen molar-refractivity contribution in [3.05, 3.63) is 49.6 Å². The first-order valence-electron chi connectivity index (χ1n) is 13.8. The van der Waals surface area contributed by atoms with E-state index in [1.54, 1.807) is 53.0 Å². The number of likely N-dealkylation sites (tertiary alicyclic amines) is 1. The number of anilines is 1. The molecule has 6 atom stereocenters. The van der Waals surface area contributed by atoms with Crippen molar-refractivity contribution in [1.29, 1.82) is 0 Å². The van der Waals surface area contributed by atoms with E-state index in [0.717, 1.165) is 12.8 Å². The van der Waals surface area contributed by atoms with Gasteiger partial charge in [0, 0.05) is 30.6 Å². The van der Waals surface area contributed by atoms with Gasteiger partial charge in [0.15, 0.2) is 0 Å². The molecule has 2 bridgehead atoms. The van der Waals surface area contributed by atoms with E-state index in [4.69, 9.17) is 9.47 Å². The number of allylic oxidation sites excluding steroid dienone is 1. The lowest BCUT2D eigenvalue weighted by molar-refractivity contribution is -0.154. The predicted molar refractivity (Wildman–Crippen MR) is 153 cm³/mol. The molecular formula is C30H40N2O6S. The topological polar surface area (TPSA) is 96.4 Å². The fourth-order valence-corrected chi connectivity index (χ4v) is 8.96. The minimum Gasteiger partial charge on any atom is -0.497 e. The summed E-state index contributed by atoms with van der Waals surface area (Å²) in [6.45, 7) is 10.6. The van der Waals surface area contributed by atoms with E-state index < -0.39 is 22.6 Å². The summed E-state index contributed by atoms with van der Waals surface area (Å²) in [7, 11) is 1.59. The molecule has 0 radical (unpaired) electrons. The average Bonchev–Trinajstić information content (AvgIpc) is 3.53. The maximum Gasteiger partial charge on any atom is 0.310 e. The second-order valence-corrected chi connectivity index (χ2v) is 12.1. The molecule has 1 aromatic carbocycles. The van der Waals surface area contributed by atoms with Gasteiger partial charge >= 0.3 is 5.97 Å². The number of thioether (sulfide) groups is 1. The quantitative estimate of drug-likeness (QED) is 0.211. The van der Waals surface area contributed by atoms with Crippen LogP contribution in [0.15, 0.2) is 49.6 Å². The lowest BCUT2D eigenvalue weighted by Gasteiger charge is -2.40. The number of fused-ring (bicyclic) bond motifs is 1. The minimum absolute atomic E-state index is 0.0105. The number of esters is 1. The van der Waals surface area contributed by atoms with Gasteiger partial charge in [0.05, 0.1) is 30.3 Å². The molecular weight excluding hydrogens is 516 g/mol. The Kier molecular flexibility index (Phi) is 9.43. The van der Waals surface area contributed by atoms with Crippen LogP contribution in [-0.4, -0.2) is 77.2 Å². The van der Waals surface area contributed by atoms with Gasteiger partial charge in [-0.15, -0.1) is 24.9 Å². The van der Waals surface area contributed by atoms with Crippen LogP contribution in [0.1, 0.15) is 39.0 Å². The molecule has 1 spiro atoms. The summed E-state index contributed by atoms with van der Waals surface area (Å²) in [5, 5.41) is 9.34. The van der Waals surface area contributed by atoms with E-state index in [0.29, 0.717) is 37.2 Å². The van der Waals surface area contributed by atoms with Gasteiger partial charge in [-0.2, -0.15) is 0 Å². The molecule has 3 saturated heterocycles. The number of carbonyl (C=O) groups excluding carboxylic acids is 3. The van der Waals surface area contributed by atoms with E-state index in [1.807, 2.05) is 12.1 Å². The molecule has 2 amide bonds. The van der Waals surface area contributed by atoms with E-state index in [-0.39, 0.29) is 48.7 Å². The van der Waals surface area contributed by atoms with Crippen LogP contribution in [0, 0.1) is 17.8 Å². The van der Waals surface area contributed by atoms with Crippen molar-refractivity contribution in [3.8, 4) is 5.75 Å². The van der Waals surface area contributed by atoms with Crippen LogP contribution in [0.25, 0.3) is 0 Å². The van der Waals surface area contributed by atoms with Gasteiger partial charge < -0.3 is 24.4 Å². The smallest absolute Gasteiger partial charge is 0.310 e. The van der Waals surface area contributed by atoms with Crippen molar-refractivity contribution in [2.24, 2.45) is 17.8 Å². The molecule has 0 aliphatic carbocycles. The van der Waals surface area contributed by atoms with Crippen molar-refractivity contribution in [2.75, 3.05) is 38.3 Å². The molecule has 1 aromatic rings. The molecule has 0 aromatic heterocycles. The zero-order valence-corrected chi connectivity index (χ0v) is 23.7. The monoisotopic (exact) mass is 556 g/mol. The second-order valence-electron chi connectivity index (χ2n) is 10.5. The van der Waals surface area contributed by atoms with Crippen LogP contribution < -0.4 is 9.64 Å². The third-order valence-corrected chi connectivity index (χ3v) is 10.4. The highest BCUT2D eigenvalue weighted by Crippen LogP contribution is 2.68. The summed E-state index contributed by atoms with van der Waals surface area (Å²) in [5.41, 5.74) is 0.687. The summed E-state index contributed by atoms with van der Waals surface area (Å²) in [4.78, 5) is 45.4. The second kappa shape index (κ2) is 12.6. The van der Waals surface area contributed by atoms with Crippen molar-refractivity contribution >= 4 is 35.2 Å². The number of hydrogen-bond donors (Lipinski definition) is 1. The Bertz CT molecular complexity index is 1080. The van der Waals surface area contributed by atoms with E-state index in [1.165, 1.54) is 0 Å². The average molecular weight is 557 g/mol. The first-order valence-corrected chi connectivity index (χ1v) is 14.7. The van der Waals surface area contributed by atoms with Crippen LogP contribution in [0.5, 0.6) is 5.75 Å². The number of unbranched alkanes of at least 4 members (excludes halogenated alkanes) is 2. The number of ether oxygens (including phenoxy) is 2. The molecule has 8 nitrogen and oxygen atoms in total. The highest BCUT2D eigenvalue weighted by Gasteiger charge is 2.76. The molecule has 0 saturated carbocycles. The molecule has 3 aliphatic heterocycles. The van der Waals surface area contributed by atoms with Crippen molar-refractivity contribution < 1.29 is 29.0 Å². The molecule has 39 heavy (non-hydrogen) atoms. The summed E-state index contributed by atoms with van der Waals surface area (Å²) in [5.74, 6) is -1.14. The minimum atomic E-state index is -0.737. The van der Waals surface area contributed by atoms with Gasteiger partial charge in [0.1, 0.15) is 11.8 Å². The third kappa shape index (κ3) is 5.23. The Morgan fingerprint density at radius 1 is 1.21 bits per heavy atom. The number of rotatable bonds is 14. The lowest BCUT2D eigenvalue weighted by atomic mass is 9.66. The maximum absolute atomic E-state index is 14.5. The molecule has 212 valence electrons. The number of benzene rings is 1. The number of aliphatic hydroxyl groups is 1. The number of carbonyl (C=O) groups is 3. The molecule has 3 heterocycles. The highest BCUT2D eigenvalue weighted by molar-refractivity contribution is 8.02. The predicted octanol–water partition coefficient (Wildman–Crippen LogP) is 3.83. The van der Waals surface area contributed by atoms with Gasteiger partial charge in [0.25, 0.3) is 5.91 Å². The summed E-state index contributed by atoms with van der Waals surface area (Å²) >= 11 is 1.64. The van der Waals surface area contributed by atoms with E-state index >= 15 is 0 Å². The molecule has 4 rings (SSSR count). The molecule has 3 unspecified atom stereocenters. The van der Waals surface area contributed by atoms with Crippen LogP contribution >= 0.6 is 11.8 Å². The normalized spacial score (nSPS) is 28.7. The van der Waals surface area contributed by atoms with Gasteiger partial charge in [-0.05, 0) is 62.3 Å². The number of nitrogens with zero attached hydrogens (tertiary/aromatic N) is 2. The summed E-state index contributed by atoms with van der Waals surface area (Å²) < 4.78 is 10.2. The summed E-state index contributed by atoms with van der Waals surface area (Å²) in [6.07, 6.45) is 6.74. The number of amides is 2. The maximum atomic E-state index is 14.5. The number of hydrogen-bond acceptors (Lipinski definition) is 7. The van der Waals surface area contributed by atoms with Gasteiger partial charge in [0.2, 0.25) is 5.91 Å². The van der Waals surface area contributed by atoms with Gasteiger partial charge in [-0.25, -0.2) is 0 Å². The zero-order valence-electron chi connectivity index (χ0n) is 22.9. The Morgan fingerprint density at radius 3 is 2.59 bits per heavy atom. The summed E-state index contributed by atoms with van der Waals surface area (Å²) in [6, 6.07) is 6.52. The van der Waals surface area contributed by atoms with E-state index in [2.05, 4.69) is 20.1 Å². The number of methoxy groups -OCH3 is 1. The fourth-order valence-electron chi connectivity index (χ4n) is 6.56. The van der Waals surface area contributed by atoms with Crippen LogP contribution in [0.2, 0.25) is 0 Å².